The molecule has 0 bridgehead atoms. The summed E-state index contributed by atoms with van der Waals surface area (Å²) in [6.45, 7) is 6.62. The molecule has 5 nitrogen and oxygen atoms in total. The number of phenolic OH excluding ortho intramolecular Hbond substituents is 1. The summed E-state index contributed by atoms with van der Waals surface area (Å²) in [5.41, 5.74) is 8.44. The van der Waals surface area contributed by atoms with E-state index in [0.717, 1.165) is 24.8 Å². The third-order valence-corrected chi connectivity index (χ3v) is 4.32. The number of rotatable bonds is 10. The van der Waals surface area contributed by atoms with Gasteiger partial charge in [0.15, 0.2) is 0 Å². The van der Waals surface area contributed by atoms with E-state index in [1.54, 1.807) is 0 Å². The molecule has 26 heavy (non-hydrogen) atoms. The molecule has 0 aliphatic carbocycles. The van der Waals surface area contributed by atoms with Crippen LogP contribution in [-0.4, -0.2) is 27.8 Å². The lowest BCUT2D eigenvalue weighted by molar-refractivity contribution is 0.0692. The van der Waals surface area contributed by atoms with Crippen molar-refractivity contribution in [1.82, 2.24) is 0 Å². The Hall–Kier alpha value is -2.27. The summed E-state index contributed by atoms with van der Waals surface area (Å²) >= 11 is 0. The molecule has 0 amide bonds. The van der Waals surface area contributed by atoms with E-state index in [0.29, 0.717) is 31.4 Å². The maximum Gasteiger partial charge on any atom is 0.339 e. The van der Waals surface area contributed by atoms with Crippen molar-refractivity contribution in [2.24, 2.45) is 5.73 Å². The minimum atomic E-state index is -1.18. The highest BCUT2D eigenvalue weighted by Crippen LogP contribution is 2.35. The highest BCUT2D eigenvalue weighted by atomic mass is 16.4. The first-order valence-corrected chi connectivity index (χ1v) is 9.07. The Kier molecular flexibility index (Phi) is 8.93. The van der Waals surface area contributed by atoms with Crippen LogP contribution >= 0.6 is 0 Å². The number of aryl methyl sites for hydroxylation is 1. The van der Waals surface area contributed by atoms with Crippen LogP contribution in [0.1, 0.15) is 67.9 Å². The van der Waals surface area contributed by atoms with E-state index in [9.17, 15) is 20.1 Å². The minimum absolute atomic E-state index is 0.0661. The molecule has 0 saturated heterocycles. The number of unbranched alkanes of at least 4 members (excludes halogenated alkanes) is 1. The third kappa shape index (κ3) is 6.56. The number of aromatic carboxylic acids is 1. The molecular formula is C21H31NO4. The van der Waals surface area contributed by atoms with Crippen molar-refractivity contribution in [3.63, 3.8) is 0 Å². The number of phenols is 2. The molecule has 1 aromatic rings. The van der Waals surface area contributed by atoms with E-state index in [-0.39, 0.29) is 22.6 Å². The summed E-state index contributed by atoms with van der Waals surface area (Å²) in [6.07, 6.45) is 8.12. The standard InChI is InChI=1S/C21H31NO4/c1-14(2)7-6-8-15(3)10-11-17-18(23)13-16(9-4-5-12-22)19(20(17)24)21(25)26/h7,10,13,23-24H,4-6,8-9,11-12,22H2,1-3H3,(H,25,26)/b15-10+. The molecule has 0 atom stereocenters. The van der Waals surface area contributed by atoms with Crippen molar-refractivity contribution in [1.29, 1.82) is 0 Å². The molecule has 0 fully saturated rings. The zero-order valence-electron chi connectivity index (χ0n) is 16.0. The molecule has 0 radical (unpaired) electrons. The van der Waals surface area contributed by atoms with Crippen LogP contribution in [0, 0.1) is 0 Å². The summed E-state index contributed by atoms with van der Waals surface area (Å²) < 4.78 is 0. The number of aromatic hydroxyl groups is 2. The minimum Gasteiger partial charge on any atom is -0.508 e. The fourth-order valence-electron chi connectivity index (χ4n) is 2.81. The lowest BCUT2D eigenvalue weighted by atomic mass is 9.95. The Morgan fingerprint density at radius 1 is 1.15 bits per heavy atom. The quantitative estimate of drug-likeness (QED) is 0.367. The predicted octanol–water partition coefficient (Wildman–Crippen LogP) is 4.31. The zero-order chi connectivity index (χ0) is 19.7. The van der Waals surface area contributed by atoms with Gasteiger partial charge in [0.1, 0.15) is 17.1 Å². The Morgan fingerprint density at radius 3 is 2.42 bits per heavy atom. The Labute approximate surface area is 155 Å². The maximum absolute atomic E-state index is 11.6. The molecule has 5 heteroatoms. The predicted molar refractivity (Wildman–Crippen MR) is 105 cm³/mol. The molecule has 0 aliphatic heterocycles. The number of carbonyl (C=O) groups is 1. The van der Waals surface area contributed by atoms with Crippen LogP contribution < -0.4 is 5.73 Å². The second kappa shape index (κ2) is 10.7. The number of benzene rings is 1. The Balaban J connectivity index is 3.03. The van der Waals surface area contributed by atoms with Crippen molar-refractivity contribution < 1.29 is 20.1 Å². The van der Waals surface area contributed by atoms with Gasteiger partial charge in [0.2, 0.25) is 0 Å². The van der Waals surface area contributed by atoms with Crippen molar-refractivity contribution in [2.75, 3.05) is 6.54 Å². The van der Waals surface area contributed by atoms with Crippen LogP contribution in [0.2, 0.25) is 0 Å². The fraction of sp³-hybridized carbons (Fsp3) is 0.476. The first kappa shape index (κ1) is 21.8. The average Bonchev–Trinajstić information content (AvgIpc) is 2.53. The number of nitrogens with two attached hydrogens (primary N) is 1. The second-order valence-corrected chi connectivity index (χ2v) is 6.88. The van der Waals surface area contributed by atoms with Gasteiger partial charge in [-0.2, -0.15) is 0 Å². The number of carboxylic acids is 1. The lowest BCUT2D eigenvalue weighted by Gasteiger charge is -2.14. The average molecular weight is 361 g/mol. The van der Waals surface area contributed by atoms with Crippen molar-refractivity contribution in [2.45, 2.75) is 59.3 Å². The van der Waals surface area contributed by atoms with Crippen molar-refractivity contribution >= 4 is 5.97 Å². The van der Waals surface area contributed by atoms with Crippen LogP contribution in [0.4, 0.5) is 0 Å². The molecule has 1 aromatic carbocycles. The molecule has 0 unspecified atom stereocenters. The fourth-order valence-corrected chi connectivity index (χ4v) is 2.81. The first-order valence-electron chi connectivity index (χ1n) is 9.07. The van der Waals surface area contributed by atoms with E-state index in [4.69, 9.17) is 5.73 Å². The van der Waals surface area contributed by atoms with Gasteiger partial charge >= 0.3 is 5.97 Å². The molecule has 1 rings (SSSR count). The highest BCUT2D eigenvalue weighted by molar-refractivity contribution is 5.93. The SMILES string of the molecule is CC(C)=CCC/C(C)=C/Cc1c(O)cc(CCCCN)c(C(=O)O)c1O. The van der Waals surface area contributed by atoms with Crippen molar-refractivity contribution in [3.05, 3.63) is 46.1 Å². The van der Waals surface area contributed by atoms with E-state index in [2.05, 4.69) is 19.9 Å². The Morgan fingerprint density at radius 2 is 1.85 bits per heavy atom. The van der Waals surface area contributed by atoms with E-state index in [1.165, 1.54) is 11.6 Å². The molecule has 0 aliphatic rings. The van der Waals surface area contributed by atoms with Gasteiger partial charge in [-0.05, 0) is 77.5 Å². The van der Waals surface area contributed by atoms with Crippen LogP contribution in [0.25, 0.3) is 0 Å². The zero-order valence-corrected chi connectivity index (χ0v) is 16.0. The van der Waals surface area contributed by atoms with Gasteiger partial charge in [-0.15, -0.1) is 0 Å². The van der Waals surface area contributed by atoms with E-state index < -0.39 is 5.97 Å². The molecule has 0 saturated carbocycles. The normalized spacial score (nSPS) is 11.5. The van der Waals surface area contributed by atoms with Crippen molar-refractivity contribution in [3.8, 4) is 11.5 Å². The monoisotopic (exact) mass is 361 g/mol. The van der Waals surface area contributed by atoms with E-state index >= 15 is 0 Å². The summed E-state index contributed by atoms with van der Waals surface area (Å²) in [6, 6.07) is 1.46. The van der Waals surface area contributed by atoms with Gasteiger partial charge in [0.05, 0.1) is 0 Å². The Bertz CT molecular complexity index is 686. The highest BCUT2D eigenvalue weighted by Gasteiger charge is 2.21. The maximum atomic E-state index is 11.6. The third-order valence-electron chi connectivity index (χ3n) is 4.32. The summed E-state index contributed by atoms with van der Waals surface area (Å²) in [5.74, 6) is -1.59. The van der Waals surface area contributed by atoms with Crippen LogP contribution in [-0.2, 0) is 12.8 Å². The molecule has 0 spiro atoms. The molecule has 144 valence electrons. The van der Waals surface area contributed by atoms with Gasteiger partial charge in [-0.1, -0.05) is 23.3 Å². The van der Waals surface area contributed by atoms with Gasteiger partial charge in [0, 0.05) is 5.56 Å². The molecule has 0 heterocycles. The lowest BCUT2D eigenvalue weighted by Crippen LogP contribution is -2.06. The van der Waals surface area contributed by atoms with Gasteiger partial charge < -0.3 is 21.1 Å². The van der Waals surface area contributed by atoms with Gasteiger partial charge in [0.25, 0.3) is 0 Å². The largest absolute Gasteiger partial charge is 0.508 e. The smallest absolute Gasteiger partial charge is 0.339 e. The second-order valence-electron chi connectivity index (χ2n) is 6.88. The van der Waals surface area contributed by atoms with E-state index in [1.807, 2.05) is 13.0 Å². The van der Waals surface area contributed by atoms with Gasteiger partial charge in [-0.3, -0.25) is 0 Å². The van der Waals surface area contributed by atoms with Crippen LogP contribution in [0.15, 0.2) is 29.4 Å². The number of hydrogen-bond acceptors (Lipinski definition) is 4. The number of carboxylic acid groups (broad SMARTS) is 1. The number of hydrogen-bond donors (Lipinski definition) is 4. The van der Waals surface area contributed by atoms with Crippen LogP contribution in [0.3, 0.4) is 0 Å². The summed E-state index contributed by atoms with van der Waals surface area (Å²) in [4.78, 5) is 11.6. The molecule has 5 N–H and O–H groups in total. The number of allylic oxidation sites excluding steroid dienone is 4. The van der Waals surface area contributed by atoms with Crippen LogP contribution in [0.5, 0.6) is 11.5 Å². The van der Waals surface area contributed by atoms with Gasteiger partial charge in [-0.25, -0.2) is 4.79 Å². The first-order chi connectivity index (χ1) is 12.3. The summed E-state index contributed by atoms with van der Waals surface area (Å²) in [7, 11) is 0. The molecular weight excluding hydrogens is 330 g/mol. The summed E-state index contributed by atoms with van der Waals surface area (Å²) in [5, 5.41) is 30.2. The topological polar surface area (TPSA) is 104 Å². The molecule has 0 aromatic heterocycles.